The van der Waals surface area contributed by atoms with E-state index in [2.05, 4.69) is 34.5 Å². The van der Waals surface area contributed by atoms with Crippen molar-refractivity contribution in [2.75, 3.05) is 19.6 Å². The molecule has 1 aromatic carbocycles. The van der Waals surface area contributed by atoms with E-state index in [1.54, 1.807) is 0 Å². The molecule has 3 aliphatic rings. The van der Waals surface area contributed by atoms with E-state index in [9.17, 15) is 9.59 Å². The average Bonchev–Trinajstić information content (AvgIpc) is 2.94. The quantitative estimate of drug-likeness (QED) is 0.792. The zero-order chi connectivity index (χ0) is 13.7. The topological polar surface area (TPSA) is 52.7 Å². The lowest BCUT2D eigenvalue weighted by molar-refractivity contribution is -0.129. The van der Waals surface area contributed by atoms with E-state index < -0.39 is 0 Å². The Balaban J connectivity index is 1.39. The lowest BCUT2D eigenvalue weighted by atomic mass is 10.0. The zero-order valence-corrected chi connectivity index (χ0v) is 11.2. The Bertz CT molecular complexity index is 539. The highest BCUT2D eigenvalue weighted by Crippen LogP contribution is 2.29. The van der Waals surface area contributed by atoms with Crippen molar-refractivity contribution in [3.63, 3.8) is 0 Å². The predicted molar refractivity (Wildman–Crippen MR) is 73.2 cm³/mol. The summed E-state index contributed by atoms with van der Waals surface area (Å²) in [6, 6.07) is 8.95. The Labute approximate surface area is 117 Å². The zero-order valence-electron chi connectivity index (χ0n) is 11.2. The van der Waals surface area contributed by atoms with Gasteiger partial charge in [-0.1, -0.05) is 24.3 Å². The second kappa shape index (κ2) is 4.31. The van der Waals surface area contributed by atoms with E-state index in [1.807, 2.05) is 0 Å². The van der Waals surface area contributed by atoms with Crippen LogP contribution in [0.5, 0.6) is 0 Å². The Morgan fingerprint density at radius 2 is 1.65 bits per heavy atom. The van der Waals surface area contributed by atoms with Crippen molar-refractivity contribution in [2.24, 2.45) is 0 Å². The molecule has 0 atom stereocenters. The summed E-state index contributed by atoms with van der Waals surface area (Å²) in [5.41, 5.74) is 2.88. The first-order chi connectivity index (χ1) is 9.72. The number of benzene rings is 1. The number of nitrogens with zero attached hydrogens (tertiary/aromatic N) is 2. The third-order valence-electron chi connectivity index (χ3n) is 4.68. The van der Waals surface area contributed by atoms with Crippen molar-refractivity contribution in [3.8, 4) is 0 Å². The molecule has 104 valence electrons. The molecule has 2 heterocycles. The summed E-state index contributed by atoms with van der Waals surface area (Å²) in [6.07, 6.45) is 2.17. The van der Waals surface area contributed by atoms with Gasteiger partial charge in [-0.05, 0) is 24.0 Å². The SMILES string of the molecule is O=C1CNC(=O)N1C1CN(C2Cc3ccccc3C2)C1. The summed E-state index contributed by atoms with van der Waals surface area (Å²) in [6.45, 7) is 1.79. The second-order valence-corrected chi connectivity index (χ2v) is 5.86. The maximum Gasteiger partial charge on any atom is 0.324 e. The third kappa shape index (κ3) is 1.73. The monoisotopic (exact) mass is 271 g/mol. The minimum absolute atomic E-state index is 0.0636. The van der Waals surface area contributed by atoms with Gasteiger partial charge in [0.15, 0.2) is 0 Å². The van der Waals surface area contributed by atoms with Gasteiger partial charge in [0.25, 0.3) is 0 Å². The van der Waals surface area contributed by atoms with Gasteiger partial charge in [-0.15, -0.1) is 0 Å². The fourth-order valence-corrected chi connectivity index (χ4v) is 3.55. The second-order valence-electron chi connectivity index (χ2n) is 5.86. The summed E-state index contributed by atoms with van der Waals surface area (Å²) in [7, 11) is 0. The molecule has 20 heavy (non-hydrogen) atoms. The maximum absolute atomic E-state index is 11.6. The Hall–Kier alpha value is -1.88. The molecule has 4 rings (SSSR count). The summed E-state index contributed by atoms with van der Waals surface area (Å²) in [4.78, 5) is 27.0. The standard InChI is InChI=1S/C15H17N3O2/c19-14-7-16-15(20)18(14)13-8-17(9-13)12-5-10-3-1-2-4-11(10)6-12/h1-4,12-13H,5-9H2,(H,16,20). The molecule has 0 radical (unpaired) electrons. The van der Waals surface area contributed by atoms with Crippen LogP contribution in [-0.2, 0) is 17.6 Å². The Kier molecular flexibility index (Phi) is 2.57. The van der Waals surface area contributed by atoms with E-state index in [1.165, 1.54) is 16.0 Å². The fraction of sp³-hybridized carbons (Fsp3) is 0.467. The highest BCUT2D eigenvalue weighted by molar-refractivity contribution is 6.02. The van der Waals surface area contributed by atoms with Gasteiger partial charge >= 0.3 is 6.03 Å². The summed E-state index contributed by atoms with van der Waals surface area (Å²) in [5, 5.41) is 2.59. The normalized spacial score (nSPS) is 23.9. The maximum atomic E-state index is 11.6. The molecule has 0 unspecified atom stereocenters. The van der Waals surface area contributed by atoms with Gasteiger partial charge in [0.2, 0.25) is 5.91 Å². The van der Waals surface area contributed by atoms with E-state index >= 15 is 0 Å². The molecule has 3 amide bonds. The molecule has 5 heteroatoms. The van der Waals surface area contributed by atoms with Crippen molar-refractivity contribution in [2.45, 2.75) is 24.9 Å². The van der Waals surface area contributed by atoms with Crippen molar-refractivity contribution in [1.29, 1.82) is 0 Å². The molecule has 0 spiro atoms. The van der Waals surface area contributed by atoms with Crippen molar-refractivity contribution < 1.29 is 9.59 Å². The molecule has 5 nitrogen and oxygen atoms in total. The van der Waals surface area contributed by atoms with Crippen LogP contribution < -0.4 is 5.32 Å². The molecule has 2 fully saturated rings. The number of hydrogen-bond donors (Lipinski definition) is 1. The Morgan fingerprint density at radius 1 is 1.00 bits per heavy atom. The number of nitrogens with one attached hydrogen (secondary N) is 1. The number of likely N-dealkylation sites (tertiary alicyclic amines) is 1. The number of carbonyl (C=O) groups excluding carboxylic acids is 2. The lowest BCUT2D eigenvalue weighted by Crippen LogP contribution is -2.63. The van der Waals surface area contributed by atoms with E-state index in [0.717, 1.165) is 25.9 Å². The van der Waals surface area contributed by atoms with Crippen LogP contribution in [0.1, 0.15) is 11.1 Å². The molecule has 1 aromatic rings. The molecule has 0 saturated carbocycles. The van der Waals surface area contributed by atoms with Crippen LogP contribution in [0.4, 0.5) is 4.79 Å². The number of urea groups is 1. The average molecular weight is 271 g/mol. The smallest absolute Gasteiger partial charge is 0.324 e. The first-order valence-corrected chi connectivity index (χ1v) is 7.13. The van der Waals surface area contributed by atoms with Gasteiger partial charge in [0, 0.05) is 19.1 Å². The molecule has 1 aliphatic carbocycles. The van der Waals surface area contributed by atoms with Crippen LogP contribution in [0.2, 0.25) is 0 Å². The molecule has 1 N–H and O–H groups in total. The van der Waals surface area contributed by atoms with E-state index in [-0.39, 0.29) is 24.5 Å². The van der Waals surface area contributed by atoms with Gasteiger partial charge in [0.1, 0.15) is 0 Å². The molecule has 2 saturated heterocycles. The summed E-state index contributed by atoms with van der Waals surface area (Å²) >= 11 is 0. The number of carbonyl (C=O) groups is 2. The third-order valence-corrected chi connectivity index (χ3v) is 4.68. The first kappa shape index (κ1) is 11.9. The number of hydrogen-bond acceptors (Lipinski definition) is 3. The minimum atomic E-state index is -0.227. The fourth-order valence-electron chi connectivity index (χ4n) is 3.55. The molecule has 0 aromatic heterocycles. The number of amides is 3. The van der Waals surface area contributed by atoms with Crippen molar-refractivity contribution in [3.05, 3.63) is 35.4 Å². The lowest BCUT2D eigenvalue weighted by Gasteiger charge is -2.45. The van der Waals surface area contributed by atoms with Gasteiger partial charge in [-0.3, -0.25) is 14.6 Å². The largest absolute Gasteiger partial charge is 0.329 e. The van der Waals surface area contributed by atoms with Gasteiger partial charge in [0.05, 0.1) is 12.6 Å². The summed E-state index contributed by atoms with van der Waals surface area (Å²) < 4.78 is 0. The summed E-state index contributed by atoms with van der Waals surface area (Å²) in [5.74, 6) is -0.0886. The van der Waals surface area contributed by atoms with E-state index in [4.69, 9.17) is 0 Å². The van der Waals surface area contributed by atoms with Crippen LogP contribution in [0, 0.1) is 0 Å². The molecular formula is C15H17N3O2. The highest BCUT2D eigenvalue weighted by Gasteiger charge is 2.44. The van der Waals surface area contributed by atoms with Gasteiger partial charge in [-0.25, -0.2) is 4.79 Å². The van der Waals surface area contributed by atoms with Crippen LogP contribution in [0.15, 0.2) is 24.3 Å². The van der Waals surface area contributed by atoms with Crippen molar-refractivity contribution >= 4 is 11.9 Å². The first-order valence-electron chi connectivity index (χ1n) is 7.13. The van der Waals surface area contributed by atoms with Crippen LogP contribution in [0.3, 0.4) is 0 Å². The molecular weight excluding hydrogens is 254 g/mol. The van der Waals surface area contributed by atoms with Crippen LogP contribution in [-0.4, -0.2) is 53.5 Å². The number of rotatable bonds is 2. The van der Waals surface area contributed by atoms with Crippen molar-refractivity contribution in [1.82, 2.24) is 15.1 Å². The number of imide groups is 1. The predicted octanol–water partition coefficient (Wildman–Crippen LogP) is 0.390. The van der Waals surface area contributed by atoms with Gasteiger partial charge in [-0.2, -0.15) is 0 Å². The molecule has 0 bridgehead atoms. The highest BCUT2D eigenvalue weighted by atomic mass is 16.2. The van der Waals surface area contributed by atoms with E-state index in [0.29, 0.717) is 6.04 Å². The van der Waals surface area contributed by atoms with Crippen LogP contribution in [0.25, 0.3) is 0 Å². The van der Waals surface area contributed by atoms with Crippen LogP contribution >= 0.6 is 0 Å². The Morgan fingerprint density at radius 3 is 2.20 bits per heavy atom. The minimum Gasteiger partial charge on any atom is -0.329 e. The molecule has 2 aliphatic heterocycles. The number of fused-ring (bicyclic) bond motifs is 1. The van der Waals surface area contributed by atoms with Gasteiger partial charge < -0.3 is 5.32 Å².